The first kappa shape index (κ1) is 14.9. The van der Waals surface area contributed by atoms with Gasteiger partial charge >= 0.3 is 0 Å². The number of benzene rings is 2. The smallest absolute Gasteiger partial charge is 0.106 e. The van der Waals surface area contributed by atoms with Gasteiger partial charge in [0.15, 0.2) is 0 Å². The molecule has 0 radical (unpaired) electrons. The molecule has 104 valence electrons. The van der Waals surface area contributed by atoms with Gasteiger partial charge in [0.2, 0.25) is 0 Å². The summed E-state index contributed by atoms with van der Waals surface area (Å²) in [5.41, 5.74) is 7.80. The predicted octanol–water partition coefficient (Wildman–Crippen LogP) is 3.55. The highest BCUT2D eigenvalue weighted by Crippen LogP contribution is 2.21. The fourth-order valence-corrected chi connectivity index (χ4v) is 3.08. The molecule has 0 amide bonds. The molecule has 0 saturated carbocycles. The Bertz CT molecular complexity index is 570. The molecule has 2 aromatic rings. The molecule has 0 aliphatic rings. The molecule has 0 aliphatic heterocycles. The third kappa shape index (κ3) is 3.99. The molecule has 0 bridgehead atoms. The summed E-state index contributed by atoms with van der Waals surface area (Å²) >= 11 is 6.96. The molecule has 0 fully saturated rings. The van der Waals surface area contributed by atoms with Gasteiger partial charge in [-0.25, -0.2) is 0 Å². The Labute approximate surface area is 130 Å². The molecule has 2 nitrogen and oxygen atoms in total. The van der Waals surface area contributed by atoms with E-state index in [2.05, 4.69) is 42.3 Å². The van der Waals surface area contributed by atoms with Crippen LogP contribution in [0.25, 0.3) is 0 Å². The number of nitrogens with zero attached hydrogens (tertiary/aromatic N) is 1. The molecule has 0 unspecified atom stereocenters. The van der Waals surface area contributed by atoms with Crippen molar-refractivity contribution in [1.29, 1.82) is 0 Å². The first-order valence-corrected chi connectivity index (χ1v) is 7.85. The third-order valence-electron chi connectivity index (χ3n) is 3.02. The van der Waals surface area contributed by atoms with Crippen molar-refractivity contribution in [3.05, 3.63) is 60.2 Å². The molecule has 0 aromatic heterocycles. The topological polar surface area (TPSA) is 29.3 Å². The number of anilines is 1. The van der Waals surface area contributed by atoms with E-state index < -0.39 is 0 Å². The highest BCUT2D eigenvalue weighted by atomic mass is 32.2. The van der Waals surface area contributed by atoms with Crippen LogP contribution in [0.15, 0.2) is 59.5 Å². The van der Waals surface area contributed by atoms with Gasteiger partial charge in [-0.2, -0.15) is 0 Å². The first-order chi connectivity index (χ1) is 9.68. The molecule has 2 N–H and O–H groups in total. The standard InChI is InChI=1S/C16H18N2S2/c1-18(11-12-20-13-7-3-2-4-8-13)15-10-6-5-9-14(15)16(17)19/h2-10H,11-12H2,1H3,(H2,17,19). The van der Waals surface area contributed by atoms with Gasteiger partial charge in [0.25, 0.3) is 0 Å². The molecule has 0 spiro atoms. The Kier molecular flexibility index (Phi) is 5.44. The van der Waals surface area contributed by atoms with Crippen LogP contribution in [0.1, 0.15) is 5.56 Å². The van der Waals surface area contributed by atoms with Crippen molar-refractivity contribution in [2.24, 2.45) is 5.73 Å². The van der Waals surface area contributed by atoms with Crippen molar-refractivity contribution >= 4 is 34.7 Å². The monoisotopic (exact) mass is 302 g/mol. The number of hydrogen-bond donors (Lipinski definition) is 1. The molecule has 0 aliphatic carbocycles. The normalized spacial score (nSPS) is 10.2. The summed E-state index contributed by atoms with van der Waals surface area (Å²) in [4.78, 5) is 3.94. The van der Waals surface area contributed by atoms with E-state index in [-0.39, 0.29) is 0 Å². The van der Waals surface area contributed by atoms with Gasteiger partial charge in [-0.15, -0.1) is 11.8 Å². The van der Waals surface area contributed by atoms with Crippen molar-refractivity contribution in [1.82, 2.24) is 0 Å². The molecule has 4 heteroatoms. The molecule has 2 aromatic carbocycles. The number of hydrogen-bond acceptors (Lipinski definition) is 3. The largest absolute Gasteiger partial charge is 0.389 e. The Morgan fingerprint density at radius 2 is 1.75 bits per heavy atom. The summed E-state index contributed by atoms with van der Waals surface area (Å²) in [5.74, 6) is 1.02. The van der Waals surface area contributed by atoms with E-state index >= 15 is 0 Å². The molecule has 0 saturated heterocycles. The first-order valence-electron chi connectivity index (χ1n) is 6.46. The third-order valence-corrected chi connectivity index (χ3v) is 4.23. The van der Waals surface area contributed by atoms with Crippen molar-refractivity contribution < 1.29 is 0 Å². The van der Waals surface area contributed by atoms with Crippen LogP contribution in [-0.4, -0.2) is 24.3 Å². The van der Waals surface area contributed by atoms with Crippen LogP contribution in [0.3, 0.4) is 0 Å². The van der Waals surface area contributed by atoms with Gasteiger partial charge < -0.3 is 10.6 Å². The van der Waals surface area contributed by atoms with Gasteiger partial charge in [-0.1, -0.05) is 42.5 Å². The average Bonchev–Trinajstić information content (AvgIpc) is 2.48. The maximum absolute atomic E-state index is 5.77. The zero-order valence-electron chi connectivity index (χ0n) is 11.5. The second kappa shape index (κ2) is 7.31. The van der Waals surface area contributed by atoms with E-state index in [9.17, 15) is 0 Å². The van der Waals surface area contributed by atoms with Crippen LogP contribution in [0, 0.1) is 0 Å². The summed E-state index contributed by atoms with van der Waals surface area (Å²) in [5, 5.41) is 0. The average molecular weight is 302 g/mol. The van der Waals surface area contributed by atoms with Gasteiger partial charge in [0, 0.05) is 35.5 Å². The molecule has 2 rings (SSSR count). The van der Waals surface area contributed by atoms with Crippen LogP contribution in [-0.2, 0) is 0 Å². The SMILES string of the molecule is CN(CCSc1ccccc1)c1ccccc1C(N)=S. The second-order valence-electron chi connectivity index (χ2n) is 4.46. The van der Waals surface area contributed by atoms with Crippen molar-refractivity contribution in [3.8, 4) is 0 Å². The van der Waals surface area contributed by atoms with Crippen molar-refractivity contribution in [3.63, 3.8) is 0 Å². The maximum atomic E-state index is 5.77. The Balaban J connectivity index is 1.95. The van der Waals surface area contributed by atoms with E-state index in [1.165, 1.54) is 4.90 Å². The number of thioether (sulfide) groups is 1. The maximum Gasteiger partial charge on any atom is 0.106 e. The minimum absolute atomic E-state index is 0.447. The molecular formula is C16H18N2S2. The lowest BCUT2D eigenvalue weighted by molar-refractivity contribution is 0.975. The van der Waals surface area contributed by atoms with E-state index in [1.54, 1.807) is 0 Å². The van der Waals surface area contributed by atoms with Gasteiger partial charge in [-0.05, 0) is 24.3 Å². The number of thiocarbonyl (C=S) groups is 1. The van der Waals surface area contributed by atoms with Crippen LogP contribution in [0.2, 0.25) is 0 Å². The Hall–Kier alpha value is -1.52. The summed E-state index contributed by atoms with van der Waals surface area (Å²) in [6.07, 6.45) is 0. The fourth-order valence-electron chi connectivity index (χ4n) is 1.95. The van der Waals surface area contributed by atoms with Gasteiger partial charge in [-0.3, -0.25) is 0 Å². The summed E-state index contributed by atoms with van der Waals surface area (Å²) in [7, 11) is 2.07. The predicted molar refractivity (Wildman–Crippen MR) is 92.8 cm³/mol. The van der Waals surface area contributed by atoms with Crippen LogP contribution >= 0.6 is 24.0 Å². The minimum Gasteiger partial charge on any atom is -0.389 e. The molecular weight excluding hydrogens is 284 g/mol. The zero-order valence-corrected chi connectivity index (χ0v) is 13.1. The van der Waals surface area contributed by atoms with Gasteiger partial charge in [0.1, 0.15) is 4.99 Å². The highest BCUT2D eigenvalue weighted by molar-refractivity contribution is 7.99. The summed E-state index contributed by atoms with van der Waals surface area (Å²) < 4.78 is 0. The Morgan fingerprint density at radius 3 is 2.45 bits per heavy atom. The fraction of sp³-hybridized carbons (Fsp3) is 0.188. The lowest BCUT2D eigenvalue weighted by atomic mass is 10.1. The number of rotatable bonds is 6. The molecule has 20 heavy (non-hydrogen) atoms. The number of para-hydroxylation sites is 1. The minimum atomic E-state index is 0.447. The zero-order chi connectivity index (χ0) is 14.4. The second-order valence-corrected chi connectivity index (χ2v) is 6.07. The summed E-state index contributed by atoms with van der Waals surface area (Å²) in [6.45, 7) is 0.944. The van der Waals surface area contributed by atoms with Crippen molar-refractivity contribution in [2.45, 2.75) is 4.90 Å². The van der Waals surface area contributed by atoms with Crippen LogP contribution in [0.4, 0.5) is 5.69 Å². The van der Waals surface area contributed by atoms with E-state index in [1.807, 2.05) is 36.0 Å². The van der Waals surface area contributed by atoms with Crippen LogP contribution in [0.5, 0.6) is 0 Å². The molecule has 0 heterocycles. The molecule has 0 atom stereocenters. The highest BCUT2D eigenvalue weighted by Gasteiger charge is 2.08. The van der Waals surface area contributed by atoms with Crippen molar-refractivity contribution in [2.75, 3.05) is 24.2 Å². The quantitative estimate of drug-likeness (QED) is 0.653. The van der Waals surface area contributed by atoms with Gasteiger partial charge in [0.05, 0.1) is 0 Å². The Morgan fingerprint density at radius 1 is 1.10 bits per heavy atom. The van der Waals surface area contributed by atoms with E-state index in [0.29, 0.717) is 4.99 Å². The van der Waals surface area contributed by atoms with Crippen LogP contribution < -0.4 is 10.6 Å². The lowest BCUT2D eigenvalue weighted by Crippen LogP contribution is -2.24. The van der Waals surface area contributed by atoms with E-state index in [4.69, 9.17) is 18.0 Å². The number of nitrogens with two attached hydrogens (primary N) is 1. The summed E-state index contributed by atoms with van der Waals surface area (Å²) in [6, 6.07) is 18.4. The lowest BCUT2D eigenvalue weighted by Gasteiger charge is -2.21. The van der Waals surface area contributed by atoms with E-state index in [0.717, 1.165) is 23.5 Å².